The van der Waals surface area contributed by atoms with Crippen LogP contribution in [-0.2, 0) is 21.5 Å². The highest BCUT2D eigenvalue weighted by molar-refractivity contribution is 6.46. The summed E-state index contributed by atoms with van der Waals surface area (Å²) in [6, 6.07) is 18.9. The van der Waals surface area contributed by atoms with E-state index in [1.165, 1.54) is 11.0 Å². The van der Waals surface area contributed by atoms with Gasteiger partial charge in [-0.25, -0.2) is 0 Å². The number of ketones is 1. The van der Waals surface area contributed by atoms with Crippen molar-refractivity contribution in [1.82, 2.24) is 4.90 Å². The number of methoxy groups -OCH3 is 1. The second-order valence-corrected chi connectivity index (χ2v) is 10.6. The molecular formula is C29H27Cl2NO4. The standard InChI is InChI=1S/C29H27Cl2NO4/c1-29(2,3)20-10-7-18(8-11-20)25-24(26(33)19-9-14-22(30)23(31)15-19)27(34)28(35)32(25)16-17-5-12-21(36-4)13-6-17/h5-15,25,33H,16H2,1-4H3/b26-24-. The normalized spacial score (nSPS) is 17.5. The first-order valence-electron chi connectivity index (χ1n) is 11.5. The van der Waals surface area contributed by atoms with E-state index in [1.807, 2.05) is 36.4 Å². The number of aliphatic hydroxyl groups is 1. The van der Waals surface area contributed by atoms with Crippen molar-refractivity contribution in [3.05, 3.63) is 105 Å². The number of aliphatic hydroxyl groups excluding tert-OH is 1. The molecule has 36 heavy (non-hydrogen) atoms. The van der Waals surface area contributed by atoms with Gasteiger partial charge in [0.1, 0.15) is 11.5 Å². The van der Waals surface area contributed by atoms with Crippen molar-refractivity contribution in [2.45, 2.75) is 38.8 Å². The first kappa shape index (κ1) is 25.8. The Bertz CT molecular complexity index is 1340. The highest BCUT2D eigenvalue weighted by atomic mass is 35.5. The molecule has 1 aliphatic rings. The van der Waals surface area contributed by atoms with E-state index in [9.17, 15) is 14.7 Å². The lowest BCUT2D eigenvalue weighted by molar-refractivity contribution is -0.140. The number of halogens is 2. The minimum atomic E-state index is -0.782. The molecule has 3 aromatic rings. The molecule has 0 aliphatic carbocycles. The molecule has 0 aromatic heterocycles. The van der Waals surface area contributed by atoms with Crippen molar-refractivity contribution in [2.75, 3.05) is 7.11 Å². The minimum absolute atomic E-state index is 0.00964. The third-order valence-electron chi connectivity index (χ3n) is 6.34. The van der Waals surface area contributed by atoms with Crippen LogP contribution in [-0.4, -0.2) is 28.8 Å². The first-order valence-corrected chi connectivity index (χ1v) is 12.2. The van der Waals surface area contributed by atoms with Gasteiger partial charge >= 0.3 is 0 Å². The van der Waals surface area contributed by atoms with Gasteiger partial charge in [-0.2, -0.15) is 0 Å². The predicted molar refractivity (Wildman–Crippen MR) is 142 cm³/mol. The predicted octanol–water partition coefficient (Wildman–Crippen LogP) is 6.92. The number of rotatable bonds is 5. The molecule has 0 spiro atoms. The van der Waals surface area contributed by atoms with Crippen molar-refractivity contribution >= 4 is 40.7 Å². The van der Waals surface area contributed by atoms with Crippen LogP contribution in [0, 0.1) is 0 Å². The zero-order chi connectivity index (χ0) is 26.2. The van der Waals surface area contributed by atoms with Crippen LogP contribution < -0.4 is 4.74 Å². The van der Waals surface area contributed by atoms with Crippen LogP contribution in [0.4, 0.5) is 0 Å². The van der Waals surface area contributed by atoms with Crippen LogP contribution in [0.5, 0.6) is 5.75 Å². The maximum absolute atomic E-state index is 13.3. The quantitative estimate of drug-likeness (QED) is 0.224. The SMILES string of the molecule is COc1ccc(CN2C(=O)C(=O)/C(=C(\O)c3ccc(Cl)c(Cl)c3)C2c2ccc(C(C)(C)C)cc2)cc1. The summed E-state index contributed by atoms with van der Waals surface area (Å²) in [5.74, 6) is -1.04. The van der Waals surface area contributed by atoms with Gasteiger partial charge in [0.05, 0.1) is 28.8 Å². The fourth-order valence-electron chi connectivity index (χ4n) is 4.28. The molecule has 3 aromatic carbocycles. The third-order valence-corrected chi connectivity index (χ3v) is 7.08. The number of benzene rings is 3. The number of amides is 1. The second kappa shape index (κ2) is 10.00. The molecule has 0 saturated carbocycles. The van der Waals surface area contributed by atoms with Crippen molar-refractivity contribution in [1.29, 1.82) is 0 Å². The maximum Gasteiger partial charge on any atom is 0.295 e. The summed E-state index contributed by atoms with van der Waals surface area (Å²) in [5, 5.41) is 11.8. The summed E-state index contributed by atoms with van der Waals surface area (Å²) in [7, 11) is 1.58. The van der Waals surface area contributed by atoms with Gasteiger partial charge in [-0.3, -0.25) is 9.59 Å². The van der Waals surface area contributed by atoms with Gasteiger partial charge in [0.2, 0.25) is 0 Å². The number of carbonyl (C=O) groups excluding carboxylic acids is 2. The summed E-state index contributed by atoms with van der Waals surface area (Å²) < 4.78 is 5.23. The van der Waals surface area contributed by atoms with Gasteiger partial charge in [0.25, 0.3) is 11.7 Å². The van der Waals surface area contributed by atoms with Gasteiger partial charge < -0.3 is 14.7 Å². The Hall–Kier alpha value is -3.28. The summed E-state index contributed by atoms with van der Waals surface area (Å²) in [6.07, 6.45) is 0. The lowest BCUT2D eigenvalue weighted by atomic mass is 9.85. The van der Waals surface area contributed by atoms with Crippen molar-refractivity contribution in [3.63, 3.8) is 0 Å². The van der Waals surface area contributed by atoms with E-state index >= 15 is 0 Å². The summed E-state index contributed by atoms with van der Waals surface area (Å²) in [5.41, 5.74) is 2.91. The number of ether oxygens (including phenoxy) is 1. The van der Waals surface area contributed by atoms with Crippen LogP contribution in [0.25, 0.3) is 5.76 Å². The highest BCUT2D eigenvalue weighted by Gasteiger charge is 2.46. The maximum atomic E-state index is 13.3. The van der Waals surface area contributed by atoms with Crippen LogP contribution >= 0.6 is 23.2 Å². The average Bonchev–Trinajstić information content (AvgIpc) is 3.10. The Morgan fingerprint density at radius 2 is 1.58 bits per heavy atom. The zero-order valence-corrected chi connectivity index (χ0v) is 22.0. The van der Waals surface area contributed by atoms with Gasteiger partial charge in [0.15, 0.2) is 0 Å². The molecule has 7 heteroatoms. The Kier molecular flexibility index (Phi) is 7.17. The summed E-state index contributed by atoms with van der Waals surface area (Å²) >= 11 is 12.2. The van der Waals surface area contributed by atoms with E-state index < -0.39 is 17.7 Å². The molecule has 1 unspecified atom stereocenters. The largest absolute Gasteiger partial charge is 0.507 e. The first-order chi connectivity index (χ1) is 17.0. The molecule has 0 radical (unpaired) electrons. The smallest absolute Gasteiger partial charge is 0.295 e. The average molecular weight is 524 g/mol. The van der Waals surface area contributed by atoms with E-state index in [4.69, 9.17) is 27.9 Å². The highest BCUT2D eigenvalue weighted by Crippen LogP contribution is 2.41. The zero-order valence-electron chi connectivity index (χ0n) is 20.5. The van der Waals surface area contributed by atoms with E-state index in [1.54, 1.807) is 31.4 Å². The topological polar surface area (TPSA) is 66.8 Å². The lowest BCUT2D eigenvalue weighted by Crippen LogP contribution is -2.29. The van der Waals surface area contributed by atoms with Gasteiger partial charge in [-0.15, -0.1) is 0 Å². The molecule has 0 bridgehead atoms. The van der Waals surface area contributed by atoms with Crippen LogP contribution in [0.3, 0.4) is 0 Å². The minimum Gasteiger partial charge on any atom is -0.507 e. The molecule has 1 saturated heterocycles. The molecule has 1 aliphatic heterocycles. The van der Waals surface area contributed by atoms with Crippen molar-refractivity contribution in [3.8, 4) is 5.75 Å². The Balaban J connectivity index is 1.84. The Morgan fingerprint density at radius 1 is 0.944 bits per heavy atom. The summed E-state index contributed by atoms with van der Waals surface area (Å²) in [4.78, 5) is 28.0. The van der Waals surface area contributed by atoms with Gasteiger partial charge in [-0.1, -0.05) is 80.4 Å². The van der Waals surface area contributed by atoms with E-state index in [-0.39, 0.29) is 28.3 Å². The fourth-order valence-corrected chi connectivity index (χ4v) is 4.58. The van der Waals surface area contributed by atoms with E-state index in [2.05, 4.69) is 20.8 Å². The lowest BCUT2D eigenvalue weighted by Gasteiger charge is -2.26. The number of nitrogens with zero attached hydrogens (tertiary/aromatic N) is 1. The van der Waals surface area contributed by atoms with Crippen LogP contribution in [0.1, 0.15) is 49.1 Å². The fraction of sp³-hybridized carbons (Fsp3) is 0.241. The Labute approximate surface area is 220 Å². The summed E-state index contributed by atoms with van der Waals surface area (Å²) in [6.45, 7) is 6.52. The van der Waals surface area contributed by atoms with E-state index in [0.29, 0.717) is 16.3 Å². The molecule has 5 nitrogen and oxygen atoms in total. The molecule has 1 amide bonds. The second-order valence-electron chi connectivity index (χ2n) is 9.78. The number of hydrogen-bond acceptors (Lipinski definition) is 4. The molecule has 4 rings (SSSR count). The number of hydrogen-bond donors (Lipinski definition) is 1. The monoisotopic (exact) mass is 523 g/mol. The third kappa shape index (κ3) is 4.99. The molecular weight excluding hydrogens is 497 g/mol. The number of carbonyl (C=O) groups is 2. The van der Waals surface area contributed by atoms with Crippen molar-refractivity contribution in [2.24, 2.45) is 0 Å². The van der Waals surface area contributed by atoms with Crippen LogP contribution in [0.2, 0.25) is 10.0 Å². The van der Waals surface area contributed by atoms with Crippen molar-refractivity contribution < 1.29 is 19.4 Å². The van der Waals surface area contributed by atoms with Gasteiger partial charge in [0, 0.05) is 12.1 Å². The molecule has 1 fully saturated rings. The molecule has 1 atom stereocenters. The van der Waals surface area contributed by atoms with Gasteiger partial charge in [-0.05, 0) is 52.4 Å². The molecule has 1 heterocycles. The molecule has 186 valence electrons. The molecule has 1 N–H and O–H groups in total. The Morgan fingerprint density at radius 3 is 2.14 bits per heavy atom. The number of Topliss-reactive ketones (excluding diaryl/α,β-unsaturated/α-hetero) is 1. The number of likely N-dealkylation sites (tertiary alicyclic amines) is 1. The van der Waals surface area contributed by atoms with E-state index in [0.717, 1.165) is 16.7 Å². The van der Waals surface area contributed by atoms with Crippen LogP contribution in [0.15, 0.2) is 72.3 Å².